The van der Waals surface area contributed by atoms with Crippen LogP contribution < -0.4 is 15.0 Å². The van der Waals surface area contributed by atoms with Crippen molar-refractivity contribution in [1.29, 1.82) is 0 Å². The lowest BCUT2D eigenvalue weighted by Crippen LogP contribution is -2.49. The molecule has 0 spiro atoms. The topological polar surface area (TPSA) is 121 Å². The Morgan fingerprint density at radius 2 is 1.87 bits per heavy atom. The van der Waals surface area contributed by atoms with Crippen molar-refractivity contribution in [2.75, 3.05) is 42.1 Å². The Morgan fingerprint density at radius 3 is 2.58 bits per heavy atom. The summed E-state index contributed by atoms with van der Waals surface area (Å²) in [6.45, 7) is 7.43. The van der Waals surface area contributed by atoms with E-state index in [4.69, 9.17) is 4.74 Å². The van der Waals surface area contributed by atoms with E-state index < -0.39 is 10.0 Å². The van der Waals surface area contributed by atoms with E-state index in [0.29, 0.717) is 49.1 Å². The Balaban J connectivity index is 1.32. The van der Waals surface area contributed by atoms with Crippen molar-refractivity contribution < 1.29 is 17.9 Å². The summed E-state index contributed by atoms with van der Waals surface area (Å²) in [5.74, 6) is 0.732. The third-order valence-corrected chi connectivity index (χ3v) is 8.31. The first-order chi connectivity index (χ1) is 18.4. The van der Waals surface area contributed by atoms with Crippen LogP contribution in [-0.2, 0) is 14.8 Å². The number of carbonyl (C=O) groups is 1. The normalized spacial score (nSPS) is 14.4. The van der Waals surface area contributed by atoms with E-state index in [-0.39, 0.29) is 11.7 Å². The molecule has 1 aliphatic rings. The Kier molecular flexibility index (Phi) is 7.12. The zero-order chi connectivity index (χ0) is 26.7. The zero-order valence-corrected chi connectivity index (χ0v) is 21.7. The van der Waals surface area contributed by atoms with Crippen LogP contribution in [0.2, 0.25) is 0 Å². The second-order valence-corrected chi connectivity index (χ2v) is 11.0. The van der Waals surface area contributed by atoms with Crippen molar-refractivity contribution in [3.8, 4) is 22.9 Å². The molecule has 11 heteroatoms. The van der Waals surface area contributed by atoms with Gasteiger partial charge in [0.15, 0.2) is 0 Å². The number of rotatable bonds is 8. The number of fused-ring (bicyclic) bond motifs is 1. The molecule has 2 aromatic carbocycles. The minimum atomic E-state index is -3.15. The summed E-state index contributed by atoms with van der Waals surface area (Å²) in [6, 6.07) is 17.1. The van der Waals surface area contributed by atoms with Gasteiger partial charge in [0.05, 0.1) is 11.1 Å². The van der Waals surface area contributed by atoms with E-state index >= 15 is 0 Å². The first kappa shape index (κ1) is 25.4. The number of aromatic nitrogens is 3. The largest absolute Gasteiger partial charge is 0.438 e. The number of hydrogen-bond donors (Lipinski definition) is 2. The fourth-order valence-electron chi connectivity index (χ4n) is 4.36. The Morgan fingerprint density at radius 1 is 1.11 bits per heavy atom. The monoisotopic (exact) mass is 532 g/mol. The van der Waals surface area contributed by atoms with Crippen molar-refractivity contribution in [3.05, 3.63) is 73.6 Å². The summed E-state index contributed by atoms with van der Waals surface area (Å²) in [6.07, 6.45) is 2.64. The van der Waals surface area contributed by atoms with E-state index in [9.17, 15) is 13.2 Å². The van der Waals surface area contributed by atoms with Crippen molar-refractivity contribution in [1.82, 2.24) is 19.3 Å². The van der Waals surface area contributed by atoms with Crippen LogP contribution in [0, 0.1) is 0 Å². The standard InChI is InChI=1S/C27H28N6O4S/c1-3-25(34)30-20-6-5-7-22(16-20)37-27-23-17-24(31-26(23)28-18-29-27)19-8-10-21(11-9-19)32-12-14-33(15-13-32)38(35,36)4-2/h3,5-11,16-18H,1,4,12-15H2,2H3,(H,30,34)(H,28,29,31). The van der Waals surface area contributed by atoms with Crippen molar-refractivity contribution in [2.45, 2.75) is 6.92 Å². The van der Waals surface area contributed by atoms with Crippen LogP contribution in [0.15, 0.2) is 73.6 Å². The molecule has 5 rings (SSSR count). The predicted octanol–water partition coefficient (Wildman–Crippen LogP) is 4.01. The number of hydrogen-bond acceptors (Lipinski definition) is 7. The maximum absolute atomic E-state index is 12.1. The lowest BCUT2D eigenvalue weighted by atomic mass is 10.1. The molecule has 0 unspecified atom stereocenters. The molecular weight excluding hydrogens is 504 g/mol. The summed E-state index contributed by atoms with van der Waals surface area (Å²) >= 11 is 0. The van der Waals surface area contributed by atoms with Gasteiger partial charge in [0, 0.05) is 49.3 Å². The molecule has 2 aromatic heterocycles. The highest BCUT2D eigenvalue weighted by Gasteiger charge is 2.25. The number of piperazine rings is 1. The third-order valence-electron chi connectivity index (χ3n) is 6.43. The van der Waals surface area contributed by atoms with Crippen molar-refractivity contribution in [2.24, 2.45) is 0 Å². The van der Waals surface area contributed by atoms with E-state index in [2.05, 4.69) is 31.7 Å². The van der Waals surface area contributed by atoms with E-state index in [1.807, 2.05) is 30.3 Å². The number of aromatic amines is 1. The molecule has 2 N–H and O–H groups in total. The molecule has 0 bridgehead atoms. The van der Waals surface area contributed by atoms with Crippen LogP contribution in [0.4, 0.5) is 11.4 Å². The summed E-state index contributed by atoms with van der Waals surface area (Å²) < 4.78 is 31.9. The number of ether oxygens (including phenoxy) is 1. The molecule has 0 atom stereocenters. The van der Waals surface area contributed by atoms with Gasteiger partial charge in [-0.2, -0.15) is 4.31 Å². The second kappa shape index (κ2) is 10.6. The fraction of sp³-hybridized carbons (Fsp3) is 0.222. The summed E-state index contributed by atoms with van der Waals surface area (Å²) in [7, 11) is -3.15. The predicted molar refractivity (Wildman–Crippen MR) is 148 cm³/mol. The molecule has 10 nitrogen and oxygen atoms in total. The van der Waals surface area contributed by atoms with Crippen molar-refractivity contribution >= 4 is 38.3 Å². The van der Waals surface area contributed by atoms with Gasteiger partial charge in [0.1, 0.15) is 17.7 Å². The van der Waals surface area contributed by atoms with E-state index in [1.54, 1.807) is 35.5 Å². The molecule has 38 heavy (non-hydrogen) atoms. The van der Waals surface area contributed by atoms with Crippen molar-refractivity contribution in [3.63, 3.8) is 0 Å². The van der Waals surface area contributed by atoms with Gasteiger partial charge in [-0.15, -0.1) is 0 Å². The van der Waals surface area contributed by atoms with Crippen LogP contribution in [0.5, 0.6) is 11.6 Å². The smallest absolute Gasteiger partial charge is 0.247 e. The Hall–Kier alpha value is -4.22. The van der Waals surface area contributed by atoms with Gasteiger partial charge in [-0.25, -0.2) is 18.4 Å². The first-order valence-electron chi connectivity index (χ1n) is 12.2. The van der Waals surface area contributed by atoms with Crippen LogP contribution >= 0.6 is 0 Å². The van der Waals surface area contributed by atoms with Crippen LogP contribution in [-0.4, -0.2) is 65.5 Å². The number of nitrogens with zero attached hydrogens (tertiary/aromatic N) is 4. The average Bonchev–Trinajstić information content (AvgIpc) is 3.39. The molecule has 4 aromatic rings. The SMILES string of the molecule is C=CC(=O)Nc1cccc(Oc2ncnc3[nH]c(-c4ccc(N5CCN(S(=O)(=O)CC)CC5)cc4)cc23)c1. The third kappa shape index (κ3) is 5.38. The van der Waals surface area contributed by atoms with E-state index in [0.717, 1.165) is 22.3 Å². The Labute approximate surface area is 221 Å². The fourth-order valence-corrected chi connectivity index (χ4v) is 5.44. The number of nitrogens with one attached hydrogen (secondary N) is 2. The summed E-state index contributed by atoms with van der Waals surface area (Å²) in [4.78, 5) is 25.8. The number of anilines is 2. The molecule has 1 amide bonds. The molecule has 1 saturated heterocycles. The quantitative estimate of drug-likeness (QED) is 0.329. The second-order valence-electron chi connectivity index (χ2n) is 8.78. The van der Waals surface area contributed by atoms with Gasteiger partial charge in [-0.1, -0.05) is 24.8 Å². The number of carbonyl (C=O) groups excluding carboxylic acids is 1. The minimum Gasteiger partial charge on any atom is -0.438 e. The van der Waals surface area contributed by atoms with Gasteiger partial charge < -0.3 is 19.9 Å². The summed E-state index contributed by atoms with van der Waals surface area (Å²) in [5, 5.41) is 3.43. The van der Waals surface area contributed by atoms with Gasteiger partial charge in [0.2, 0.25) is 21.8 Å². The van der Waals surface area contributed by atoms with Crippen LogP contribution in [0.25, 0.3) is 22.3 Å². The van der Waals surface area contributed by atoms with Gasteiger partial charge in [0.25, 0.3) is 0 Å². The number of amides is 1. The molecule has 0 radical (unpaired) electrons. The van der Waals surface area contributed by atoms with Gasteiger partial charge >= 0.3 is 0 Å². The molecule has 1 aliphatic heterocycles. The highest BCUT2D eigenvalue weighted by molar-refractivity contribution is 7.89. The average molecular weight is 533 g/mol. The zero-order valence-electron chi connectivity index (χ0n) is 20.9. The van der Waals surface area contributed by atoms with E-state index in [1.165, 1.54) is 12.4 Å². The molecule has 0 aliphatic carbocycles. The minimum absolute atomic E-state index is 0.129. The molecular formula is C27H28N6O4S. The lowest BCUT2D eigenvalue weighted by molar-refractivity contribution is -0.111. The maximum atomic E-state index is 12.1. The summed E-state index contributed by atoms with van der Waals surface area (Å²) in [5.41, 5.74) is 4.10. The molecule has 3 heterocycles. The number of sulfonamides is 1. The molecule has 0 saturated carbocycles. The number of H-pyrrole nitrogens is 1. The van der Waals surface area contributed by atoms with Crippen LogP contribution in [0.1, 0.15) is 6.92 Å². The first-order valence-corrected chi connectivity index (χ1v) is 13.9. The van der Waals surface area contributed by atoms with Gasteiger partial charge in [-0.05, 0) is 48.9 Å². The Bertz CT molecular complexity index is 1570. The highest BCUT2D eigenvalue weighted by Crippen LogP contribution is 2.32. The lowest BCUT2D eigenvalue weighted by Gasteiger charge is -2.35. The highest BCUT2D eigenvalue weighted by atomic mass is 32.2. The maximum Gasteiger partial charge on any atom is 0.247 e. The number of benzene rings is 2. The van der Waals surface area contributed by atoms with Crippen LogP contribution in [0.3, 0.4) is 0 Å². The molecule has 1 fully saturated rings. The van der Waals surface area contributed by atoms with Gasteiger partial charge in [-0.3, -0.25) is 4.79 Å². The molecule has 196 valence electrons.